The number of nitrogens with zero attached hydrogens (tertiary/aromatic N) is 2. The van der Waals surface area contributed by atoms with Gasteiger partial charge in [-0.15, -0.1) is 10.2 Å². The lowest BCUT2D eigenvalue weighted by atomic mass is 10.0. The largest absolute Gasteiger partial charge is 0.481 e. The molecule has 7 nitrogen and oxygen atoms in total. The molecular formula is C26H22N4O3. The Kier molecular flexibility index (Phi) is 5.59. The van der Waals surface area contributed by atoms with Crippen LogP contribution in [0.3, 0.4) is 0 Å². The zero-order chi connectivity index (χ0) is 22.6. The van der Waals surface area contributed by atoms with Gasteiger partial charge in [0.15, 0.2) is 5.82 Å². The molecular weight excluding hydrogens is 416 g/mol. The van der Waals surface area contributed by atoms with E-state index in [9.17, 15) is 9.90 Å². The first-order valence-corrected chi connectivity index (χ1v) is 10.7. The van der Waals surface area contributed by atoms with Gasteiger partial charge in [0.1, 0.15) is 17.3 Å². The number of hydrogen-bond donors (Lipinski definition) is 3. The van der Waals surface area contributed by atoms with Gasteiger partial charge in [-0.1, -0.05) is 42.5 Å². The number of fused-ring (bicyclic) bond motifs is 1. The summed E-state index contributed by atoms with van der Waals surface area (Å²) in [6.07, 6.45) is 2.93. The average molecular weight is 438 g/mol. The molecule has 0 bridgehead atoms. The summed E-state index contributed by atoms with van der Waals surface area (Å²) in [6.45, 7) is 0. The second kappa shape index (κ2) is 9.00. The molecule has 0 amide bonds. The number of aryl methyl sites for hydroxylation is 1. The number of rotatable bonds is 8. The number of aromatic amines is 2. The first kappa shape index (κ1) is 20.5. The van der Waals surface area contributed by atoms with Crippen molar-refractivity contribution in [3.8, 4) is 22.9 Å². The van der Waals surface area contributed by atoms with Gasteiger partial charge in [0, 0.05) is 41.1 Å². The maximum Gasteiger partial charge on any atom is 0.303 e. The van der Waals surface area contributed by atoms with Crippen molar-refractivity contribution in [1.29, 1.82) is 0 Å². The first-order valence-electron chi connectivity index (χ1n) is 10.7. The Bertz CT molecular complexity index is 1410. The van der Waals surface area contributed by atoms with Crippen LogP contribution in [-0.4, -0.2) is 31.2 Å². The van der Waals surface area contributed by atoms with Crippen LogP contribution in [0.2, 0.25) is 0 Å². The van der Waals surface area contributed by atoms with Crippen molar-refractivity contribution in [3.05, 3.63) is 95.9 Å². The number of carboxylic acids is 1. The van der Waals surface area contributed by atoms with E-state index in [1.54, 1.807) is 0 Å². The smallest absolute Gasteiger partial charge is 0.303 e. The summed E-state index contributed by atoms with van der Waals surface area (Å²) in [4.78, 5) is 17.6. The van der Waals surface area contributed by atoms with Crippen molar-refractivity contribution >= 4 is 16.9 Å². The van der Waals surface area contributed by atoms with E-state index < -0.39 is 5.97 Å². The minimum atomic E-state index is -0.841. The Hall–Kier alpha value is -4.39. The molecule has 0 aliphatic carbocycles. The summed E-state index contributed by atoms with van der Waals surface area (Å²) in [5.74, 6) is 1.89. The van der Waals surface area contributed by atoms with Crippen LogP contribution in [0, 0.1) is 0 Å². The second-order valence-electron chi connectivity index (χ2n) is 7.79. The fourth-order valence-corrected chi connectivity index (χ4v) is 3.89. The SMILES string of the molecule is O=C(O)CCc1c(Oc2cccc(-c3nnc(Cc4ccccc4)[nH]3)c2)ccc2[nH]ccc12. The van der Waals surface area contributed by atoms with Crippen LogP contribution in [0.25, 0.3) is 22.3 Å². The van der Waals surface area contributed by atoms with Gasteiger partial charge in [-0.05, 0) is 42.3 Å². The minimum absolute atomic E-state index is 0.0307. The molecule has 0 fully saturated rings. The van der Waals surface area contributed by atoms with E-state index in [2.05, 4.69) is 32.3 Å². The van der Waals surface area contributed by atoms with E-state index in [1.807, 2.05) is 66.9 Å². The number of H-pyrrole nitrogens is 2. The van der Waals surface area contributed by atoms with Crippen molar-refractivity contribution < 1.29 is 14.6 Å². The zero-order valence-corrected chi connectivity index (χ0v) is 17.8. The third-order valence-electron chi connectivity index (χ3n) is 5.47. The second-order valence-corrected chi connectivity index (χ2v) is 7.79. The summed E-state index contributed by atoms with van der Waals surface area (Å²) < 4.78 is 6.22. The van der Waals surface area contributed by atoms with Crippen LogP contribution in [0.4, 0.5) is 0 Å². The highest BCUT2D eigenvalue weighted by molar-refractivity contribution is 5.86. The van der Waals surface area contributed by atoms with E-state index >= 15 is 0 Å². The van der Waals surface area contributed by atoms with Crippen LogP contribution in [0.15, 0.2) is 79.0 Å². The first-order chi connectivity index (χ1) is 16.2. The number of hydrogen-bond acceptors (Lipinski definition) is 4. The van der Waals surface area contributed by atoms with Gasteiger partial charge in [-0.3, -0.25) is 4.79 Å². The molecule has 0 atom stereocenters. The molecule has 3 N–H and O–H groups in total. The van der Waals surface area contributed by atoms with Gasteiger partial charge in [0.2, 0.25) is 0 Å². The molecule has 7 heteroatoms. The standard InChI is InChI=1S/C26H22N4O3/c31-25(32)12-9-21-20-13-14-27-22(20)10-11-23(21)33-19-8-4-7-18(16-19)26-28-24(29-30-26)15-17-5-2-1-3-6-17/h1-8,10-11,13-14,16,27H,9,12,15H2,(H,31,32)(H,28,29,30). The average Bonchev–Trinajstić information content (AvgIpc) is 3.49. The molecule has 2 heterocycles. The van der Waals surface area contributed by atoms with Gasteiger partial charge >= 0.3 is 5.97 Å². The number of carbonyl (C=O) groups is 1. The molecule has 0 saturated carbocycles. The van der Waals surface area contributed by atoms with Gasteiger partial charge in [-0.2, -0.15) is 0 Å². The Balaban J connectivity index is 1.40. The lowest BCUT2D eigenvalue weighted by Gasteiger charge is -2.12. The van der Waals surface area contributed by atoms with Crippen molar-refractivity contribution in [3.63, 3.8) is 0 Å². The highest BCUT2D eigenvalue weighted by Crippen LogP contribution is 2.33. The van der Waals surface area contributed by atoms with E-state index in [-0.39, 0.29) is 6.42 Å². The van der Waals surface area contributed by atoms with Crippen LogP contribution in [0.1, 0.15) is 23.4 Å². The van der Waals surface area contributed by atoms with Gasteiger partial charge in [0.25, 0.3) is 0 Å². The molecule has 164 valence electrons. The maximum absolute atomic E-state index is 11.2. The maximum atomic E-state index is 11.2. The van der Waals surface area contributed by atoms with E-state index in [0.29, 0.717) is 30.2 Å². The van der Waals surface area contributed by atoms with Crippen molar-refractivity contribution in [1.82, 2.24) is 20.2 Å². The van der Waals surface area contributed by atoms with Crippen molar-refractivity contribution in [2.24, 2.45) is 0 Å². The number of aromatic nitrogens is 4. The molecule has 0 radical (unpaired) electrons. The van der Waals surface area contributed by atoms with E-state index in [1.165, 1.54) is 0 Å². The van der Waals surface area contributed by atoms with Crippen molar-refractivity contribution in [2.45, 2.75) is 19.3 Å². The summed E-state index contributed by atoms with van der Waals surface area (Å²) in [6, 6.07) is 23.5. The van der Waals surface area contributed by atoms with Crippen LogP contribution < -0.4 is 4.74 Å². The topological polar surface area (TPSA) is 104 Å². The summed E-state index contributed by atoms with van der Waals surface area (Å²) in [5, 5.41) is 18.7. The number of carboxylic acid groups (broad SMARTS) is 1. The summed E-state index contributed by atoms with van der Waals surface area (Å²) >= 11 is 0. The number of ether oxygens (including phenoxy) is 1. The molecule has 0 unspecified atom stereocenters. The molecule has 0 spiro atoms. The van der Waals surface area contributed by atoms with Gasteiger partial charge in [-0.25, -0.2) is 0 Å². The third kappa shape index (κ3) is 4.62. The highest BCUT2D eigenvalue weighted by atomic mass is 16.5. The molecule has 0 saturated heterocycles. The Morgan fingerprint density at radius 2 is 1.85 bits per heavy atom. The Morgan fingerprint density at radius 3 is 2.70 bits per heavy atom. The van der Waals surface area contributed by atoms with Crippen molar-refractivity contribution in [2.75, 3.05) is 0 Å². The summed E-state index contributed by atoms with van der Waals surface area (Å²) in [5.41, 5.74) is 3.83. The monoisotopic (exact) mass is 438 g/mol. The minimum Gasteiger partial charge on any atom is -0.481 e. The molecule has 33 heavy (non-hydrogen) atoms. The fourth-order valence-electron chi connectivity index (χ4n) is 3.89. The van der Waals surface area contributed by atoms with E-state index in [0.717, 1.165) is 33.4 Å². The van der Waals surface area contributed by atoms with Crippen LogP contribution in [-0.2, 0) is 17.6 Å². The quantitative estimate of drug-likeness (QED) is 0.303. The lowest BCUT2D eigenvalue weighted by Crippen LogP contribution is -2.00. The molecule has 2 aromatic heterocycles. The highest BCUT2D eigenvalue weighted by Gasteiger charge is 2.13. The predicted molar refractivity (Wildman–Crippen MR) is 125 cm³/mol. The Labute approximate surface area is 190 Å². The number of benzene rings is 3. The number of aliphatic carboxylic acids is 1. The number of nitrogens with one attached hydrogen (secondary N) is 2. The molecule has 5 aromatic rings. The third-order valence-corrected chi connectivity index (χ3v) is 5.47. The zero-order valence-electron chi connectivity index (χ0n) is 17.8. The predicted octanol–water partition coefficient (Wildman–Crippen LogP) is 5.35. The van der Waals surface area contributed by atoms with Gasteiger partial charge in [0.05, 0.1) is 0 Å². The fraction of sp³-hybridized carbons (Fsp3) is 0.115. The molecule has 0 aliphatic rings. The molecule has 5 rings (SSSR count). The summed E-state index contributed by atoms with van der Waals surface area (Å²) in [7, 11) is 0. The molecule has 0 aliphatic heterocycles. The van der Waals surface area contributed by atoms with Crippen LogP contribution >= 0.6 is 0 Å². The lowest BCUT2D eigenvalue weighted by molar-refractivity contribution is -0.136. The van der Waals surface area contributed by atoms with Crippen LogP contribution in [0.5, 0.6) is 11.5 Å². The van der Waals surface area contributed by atoms with E-state index in [4.69, 9.17) is 4.74 Å². The normalized spacial score (nSPS) is 11.0. The molecule has 3 aromatic carbocycles. The van der Waals surface area contributed by atoms with Gasteiger partial charge < -0.3 is 19.8 Å². The Morgan fingerprint density at radius 1 is 0.970 bits per heavy atom.